The topological polar surface area (TPSA) is 43.8 Å². The number of hydrogen-bond acceptors (Lipinski definition) is 2. The van der Waals surface area contributed by atoms with E-state index in [1.54, 1.807) is 0 Å². The van der Waals surface area contributed by atoms with E-state index in [1.165, 1.54) is 31.4 Å². The van der Waals surface area contributed by atoms with E-state index in [2.05, 4.69) is 30.3 Å². The summed E-state index contributed by atoms with van der Waals surface area (Å²) >= 11 is 0. The molecule has 1 aromatic rings. The van der Waals surface area contributed by atoms with E-state index in [0.29, 0.717) is 12.0 Å². The zero-order valence-corrected chi connectivity index (χ0v) is 11.3. The number of hydrogen-bond donors (Lipinski definition) is 1. The maximum absolute atomic E-state index is 6.26. The van der Waals surface area contributed by atoms with Crippen molar-refractivity contribution in [3.05, 3.63) is 18.2 Å². The summed E-state index contributed by atoms with van der Waals surface area (Å²) in [5.41, 5.74) is 7.45. The Labute approximate surface area is 104 Å². The second kappa shape index (κ2) is 5.21. The SMILES string of the molecule is CC(C)C(N)c1cncn1C(C)C1CCCC1. The predicted molar refractivity (Wildman–Crippen MR) is 70.7 cm³/mol. The van der Waals surface area contributed by atoms with Crippen molar-refractivity contribution >= 4 is 0 Å². The molecule has 0 bridgehead atoms. The van der Waals surface area contributed by atoms with Crippen LogP contribution in [0, 0.1) is 11.8 Å². The van der Waals surface area contributed by atoms with E-state index in [-0.39, 0.29) is 6.04 Å². The summed E-state index contributed by atoms with van der Waals surface area (Å²) < 4.78 is 2.31. The van der Waals surface area contributed by atoms with Crippen LogP contribution in [0.4, 0.5) is 0 Å². The lowest BCUT2D eigenvalue weighted by atomic mass is 9.97. The van der Waals surface area contributed by atoms with Crippen LogP contribution in [-0.2, 0) is 0 Å². The van der Waals surface area contributed by atoms with Crippen molar-refractivity contribution in [3.63, 3.8) is 0 Å². The molecule has 0 saturated heterocycles. The van der Waals surface area contributed by atoms with Crippen molar-refractivity contribution in [2.24, 2.45) is 17.6 Å². The molecule has 1 heterocycles. The maximum atomic E-state index is 6.26. The fourth-order valence-corrected chi connectivity index (χ4v) is 2.92. The third-order valence-electron chi connectivity index (χ3n) is 4.28. The summed E-state index contributed by atoms with van der Waals surface area (Å²) in [6.45, 7) is 6.65. The van der Waals surface area contributed by atoms with Gasteiger partial charge in [-0.1, -0.05) is 26.7 Å². The Morgan fingerprint density at radius 3 is 2.53 bits per heavy atom. The molecule has 2 rings (SSSR count). The molecule has 1 saturated carbocycles. The third-order valence-corrected chi connectivity index (χ3v) is 4.28. The van der Waals surface area contributed by atoms with E-state index >= 15 is 0 Å². The molecule has 17 heavy (non-hydrogen) atoms. The van der Waals surface area contributed by atoms with Gasteiger partial charge in [0.25, 0.3) is 0 Å². The molecule has 2 atom stereocenters. The van der Waals surface area contributed by atoms with Gasteiger partial charge in [-0.05, 0) is 31.6 Å². The Kier molecular flexibility index (Phi) is 3.87. The fourth-order valence-electron chi connectivity index (χ4n) is 2.92. The fraction of sp³-hybridized carbons (Fsp3) is 0.786. The molecule has 1 aliphatic rings. The average Bonchev–Trinajstić information content (AvgIpc) is 2.97. The first-order valence-corrected chi connectivity index (χ1v) is 6.88. The summed E-state index contributed by atoms with van der Waals surface area (Å²) in [5.74, 6) is 1.27. The Morgan fingerprint density at radius 1 is 1.29 bits per heavy atom. The molecule has 0 aromatic carbocycles. The van der Waals surface area contributed by atoms with Crippen LogP contribution in [0.5, 0.6) is 0 Å². The number of rotatable bonds is 4. The normalized spacial score (nSPS) is 21.0. The van der Waals surface area contributed by atoms with Crippen LogP contribution in [0.3, 0.4) is 0 Å². The molecule has 0 aliphatic heterocycles. The maximum Gasteiger partial charge on any atom is 0.0951 e. The first-order chi connectivity index (χ1) is 8.11. The summed E-state index contributed by atoms with van der Waals surface area (Å²) in [4.78, 5) is 4.30. The van der Waals surface area contributed by atoms with E-state index in [4.69, 9.17) is 5.73 Å². The molecule has 96 valence electrons. The Hall–Kier alpha value is -0.830. The molecule has 1 aliphatic carbocycles. The molecule has 3 heteroatoms. The van der Waals surface area contributed by atoms with Gasteiger partial charge in [0.1, 0.15) is 0 Å². The van der Waals surface area contributed by atoms with Gasteiger partial charge >= 0.3 is 0 Å². The number of nitrogens with zero attached hydrogens (tertiary/aromatic N) is 2. The zero-order chi connectivity index (χ0) is 12.4. The second-order valence-corrected chi connectivity index (χ2v) is 5.78. The van der Waals surface area contributed by atoms with Gasteiger partial charge in [0.05, 0.1) is 12.0 Å². The number of aromatic nitrogens is 2. The minimum atomic E-state index is 0.0985. The smallest absolute Gasteiger partial charge is 0.0951 e. The molecular weight excluding hydrogens is 210 g/mol. The monoisotopic (exact) mass is 235 g/mol. The van der Waals surface area contributed by atoms with Crippen LogP contribution in [-0.4, -0.2) is 9.55 Å². The first-order valence-electron chi connectivity index (χ1n) is 6.88. The molecule has 0 amide bonds. The highest BCUT2D eigenvalue weighted by atomic mass is 15.1. The van der Waals surface area contributed by atoms with Crippen molar-refractivity contribution in [3.8, 4) is 0 Å². The lowest BCUT2D eigenvalue weighted by Crippen LogP contribution is -2.23. The highest BCUT2D eigenvalue weighted by Crippen LogP contribution is 2.35. The van der Waals surface area contributed by atoms with E-state index in [1.807, 2.05) is 12.5 Å². The van der Waals surface area contributed by atoms with Gasteiger partial charge in [-0.3, -0.25) is 0 Å². The highest BCUT2D eigenvalue weighted by Gasteiger charge is 2.25. The average molecular weight is 235 g/mol. The van der Waals surface area contributed by atoms with Crippen LogP contribution in [0.2, 0.25) is 0 Å². The van der Waals surface area contributed by atoms with Crippen molar-refractivity contribution in [2.45, 2.75) is 58.5 Å². The Morgan fingerprint density at radius 2 is 1.94 bits per heavy atom. The zero-order valence-electron chi connectivity index (χ0n) is 11.3. The van der Waals surface area contributed by atoms with Crippen molar-refractivity contribution in [2.75, 3.05) is 0 Å². The van der Waals surface area contributed by atoms with Crippen molar-refractivity contribution in [1.82, 2.24) is 9.55 Å². The Balaban J connectivity index is 2.17. The molecule has 3 nitrogen and oxygen atoms in total. The second-order valence-electron chi connectivity index (χ2n) is 5.78. The van der Waals surface area contributed by atoms with E-state index in [9.17, 15) is 0 Å². The van der Waals surface area contributed by atoms with Crippen molar-refractivity contribution < 1.29 is 0 Å². The standard InChI is InChI=1S/C14H25N3/c1-10(2)14(15)13-8-16-9-17(13)11(3)12-6-4-5-7-12/h8-12,14H,4-7,15H2,1-3H3. The highest BCUT2D eigenvalue weighted by molar-refractivity contribution is 5.07. The van der Waals surface area contributed by atoms with Crippen LogP contribution < -0.4 is 5.73 Å². The van der Waals surface area contributed by atoms with Gasteiger partial charge in [0.2, 0.25) is 0 Å². The Bertz CT molecular complexity index is 350. The number of nitrogens with two attached hydrogens (primary N) is 1. The quantitative estimate of drug-likeness (QED) is 0.870. The van der Waals surface area contributed by atoms with E-state index in [0.717, 1.165) is 5.92 Å². The summed E-state index contributed by atoms with van der Waals surface area (Å²) in [5, 5.41) is 0. The minimum absolute atomic E-state index is 0.0985. The van der Waals surface area contributed by atoms with Crippen LogP contribution >= 0.6 is 0 Å². The molecular formula is C14H25N3. The predicted octanol–water partition coefficient (Wildman–Crippen LogP) is 3.29. The third kappa shape index (κ3) is 2.54. The van der Waals surface area contributed by atoms with Gasteiger partial charge < -0.3 is 10.3 Å². The molecule has 2 unspecified atom stereocenters. The lowest BCUT2D eigenvalue weighted by molar-refractivity contribution is 0.340. The summed E-state index contributed by atoms with van der Waals surface area (Å²) in [6.07, 6.45) is 9.38. The minimum Gasteiger partial charge on any atom is -0.330 e. The van der Waals surface area contributed by atoms with Crippen molar-refractivity contribution in [1.29, 1.82) is 0 Å². The van der Waals surface area contributed by atoms with Gasteiger partial charge in [-0.25, -0.2) is 4.98 Å². The van der Waals surface area contributed by atoms with Gasteiger partial charge in [-0.2, -0.15) is 0 Å². The molecule has 1 aromatic heterocycles. The first kappa shape index (κ1) is 12.6. The lowest BCUT2D eigenvalue weighted by Gasteiger charge is -2.26. The molecule has 1 fully saturated rings. The molecule has 2 N–H and O–H groups in total. The molecule has 0 radical (unpaired) electrons. The number of imidazole rings is 1. The van der Waals surface area contributed by atoms with Crippen LogP contribution in [0.15, 0.2) is 12.5 Å². The largest absolute Gasteiger partial charge is 0.330 e. The van der Waals surface area contributed by atoms with Gasteiger partial charge in [0.15, 0.2) is 0 Å². The van der Waals surface area contributed by atoms with Gasteiger partial charge in [0, 0.05) is 18.3 Å². The van der Waals surface area contributed by atoms with E-state index < -0.39 is 0 Å². The van der Waals surface area contributed by atoms with Crippen LogP contribution in [0.1, 0.15) is 64.2 Å². The van der Waals surface area contributed by atoms with Crippen LogP contribution in [0.25, 0.3) is 0 Å². The van der Waals surface area contributed by atoms with Gasteiger partial charge in [-0.15, -0.1) is 0 Å². The summed E-state index contributed by atoms with van der Waals surface area (Å²) in [7, 11) is 0. The molecule has 0 spiro atoms. The summed E-state index contributed by atoms with van der Waals surface area (Å²) in [6, 6.07) is 0.640.